The van der Waals surface area contributed by atoms with Crippen molar-refractivity contribution in [2.75, 3.05) is 11.9 Å². The van der Waals surface area contributed by atoms with Gasteiger partial charge in [-0.3, -0.25) is 4.79 Å². The fraction of sp³-hybridized carbons (Fsp3) is 0.235. The molecule has 2 aromatic rings. The highest BCUT2D eigenvalue weighted by atomic mass is 32.2. The van der Waals surface area contributed by atoms with Gasteiger partial charge in [-0.15, -0.1) is 11.8 Å². The summed E-state index contributed by atoms with van der Waals surface area (Å²) in [6.07, 6.45) is -3.71. The van der Waals surface area contributed by atoms with E-state index in [-0.39, 0.29) is 16.9 Å². The molecule has 7 heteroatoms. The maximum atomic E-state index is 12.3. The molecule has 0 saturated carbocycles. The summed E-state index contributed by atoms with van der Waals surface area (Å²) in [6.45, 7) is -1.34. The largest absolute Gasteiger partial charge is 0.484 e. The monoisotopic (exact) mass is 353 g/mol. The van der Waals surface area contributed by atoms with Gasteiger partial charge >= 0.3 is 6.18 Å². The van der Waals surface area contributed by atoms with Crippen molar-refractivity contribution < 1.29 is 22.7 Å². The maximum Gasteiger partial charge on any atom is 0.422 e. The zero-order valence-corrected chi connectivity index (χ0v) is 13.3. The minimum absolute atomic E-state index is 0.105. The van der Waals surface area contributed by atoms with Crippen LogP contribution >= 0.6 is 11.8 Å². The number of anilines is 1. The first-order valence-corrected chi connectivity index (χ1v) is 8.14. The zero-order valence-electron chi connectivity index (χ0n) is 12.5. The Balaban J connectivity index is 1.56. The Hall–Kier alpha value is -2.15. The smallest absolute Gasteiger partial charge is 0.422 e. The Labute approximate surface area is 141 Å². The van der Waals surface area contributed by atoms with E-state index in [1.54, 1.807) is 0 Å². The number of rotatable bonds is 4. The molecule has 24 heavy (non-hydrogen) atoms. The average molecular weight is 353 g/mol. The number of hydrogen-bond acceptors (Lipinski definition) is 3. The average Bonchev–Trinajstić information content (AvgIpc) is 2.98. The van der Waals surface area contributed by atoms with E-state index < -0.39 is 12.8 Å². The number of nitrogens with one attached hydrogen (secondary N) is 1. The Morgan fingerprint density at radius 1 is 1.17 bits per heavy atom. The van der Waals surface area contributed by atoms with Crippen LogP contribution in [0.25, 0.3) is 0 Å². The highest BCUT2D eigenvalue weighted by Crippen LogP contribution is 2.37. The van der Waals surface area contributed by atoms with Crippen molar-refractivity contribution in [1.82, 2.24) is 0 Å². The van der Waals surface area contributed by atoms with Gasteiger partial charge in [0, 0.05) is 10.6 Å². The van der Waals surface area contributed by atoms with Crippen molar-refractivity contribution in [3.05, 3.63) is 54.1 Å². The van der Waals surface area contributed by atoms with Gasteiger partial charge in [0.25, 0.3) is 0 Å². The van der Waals surface area contributed by atoms with Gasteiger partial charge < -0.3 is 10.1 Å². The van der Waals surface area contributed by atoms with Crippen LogP contribution in [-0.2, 0) is 11.2 Å². The minimum atomic E-state index is -4.37. The molecule has 3 nitrogen and oxygen atoms in total. The lowest BCUT2D eigenvalue weighted by molar-refractivity contribution is -0.153. The molecule has 1 amide bonds. The Kier molecular flexibility index (Phi) is 4.71. The zero-order chi connectivity index (χ0) is 17.2. The van der Waals surface area contributed by atoms with E-state index in [0.717, 1.165) is 10.5 Å². The van der Waals surface area contributed by atoms with Crippen molar-refractivity contribution in [2.24, 2.45) is 0 Å². The van der Waals surface area contributed by atoms with Gasteiger partial charge in [-0.2, -0.15) is 13.2 Å². The molecule has 0 bridgehead atoms. The summed E-state index contributed by atoms with van der Waals surface area (Å²) in [6, 6.07) is 13.7. The number of hydrogen-bond donors (Lipinski definition) is 1. The van der Waals surface area contributed by atoms with Gasteiger partial charge in [0.15, 0.2) is 6.61 Å². The fourth-order valence-corrected chi connectivity index (χ4v) is 3.55. The number of amides is 1. The predicted octanol–water partition coefficient (Wildman–Crippen LogP) is 4.28. The van der Waals surface area contributed by atoms with Crippen molar-refractivity contribution in [1.29, 1.82) is 0 Å². The molecule has 0 spiro atoms. The van der Waals surface area contributed by atoms with Crippen LogP contribution in [0.15, 0.2) is 53.4 Å². The summed E-state index contributed by atoms with van der Waals surface area (Å²) >= 11 is 1.52. The molecule has 0 aromatic heterocycles. The molecule has 3 rings (SSSR count). The first-order chi connectivity index (χ1) is 11.4. The second kappa shape index (κ2) is 6.76. The molecule has 126 valence electrons. The molecule has 0 aliphatic carbocycles. The maximum absolute atomic E-state index is 12.3. The van der Waals surface area contributed by atoms with Crippen molar-refractivity contribution in [2.45, 2.75) is 22.7 Å². The third-order valence-corrected chi connectivity index (χ3v) is 4.78. The van der Waals surface area contributed by atoms with Crippen LogP contribution in [0.1, 0.15) is 5.56 Å². The molecular weight excluding hydrogens is 339 g/mol. The molecule has 1 N–H and O–H groups in total. The molecule has 0 saturated heterocycles. The normalized spacial score (nSPS) is 16.5. The number of carbonyl (C=O) groups is 1. The van der Waals surface area contributed by atoms with E-state index in [2.05, 4.69) is 10.1 Å². The molecule has 0 radical (unpaired) electrons. The lowest BCUT2D eigenvalue weighted by atomic mass is 10.1. The summed E-state index contributed by atoms with van der Waals surface area (Å²) in [7, 11) is 0. The van der Waals surface area contributed by atoms with Gasteiger partial charge in [0.2, 0.25) is 5.91 Å². The van der Waals surface area contributed by atoms with Gasteiger partial charge in [-0.1, -0.05) is 18.2 Å². The number of benzene rings is 2. The van der Waals surface area contributed by atoms with E-state index in [4.69, 9.17) is 0 Å². The summed E-state index contributed by atoms with van der Waals surface area (Å²) in [5, 5.41) is 2.58. The minimum Gasteiger partial charge on any atom is -0.484 e. The highest BCUT2D eigenvalue weighted by molar-refractivity contribution is 8.01. The van der Waals surface area contributed by atoms with E-state index in [1.165, 1.54) is 36.0 Å². The van der Waals surface area contributed by atoms with Gasteiger partial charge in [0.1, 0.15) is 5.75 Å². The third-order valence-electron chi connectivity index (χ3n) is 3.46. The Morgan fingerprint density at radius 3 is 2.54 bits per heavy atom. The molecular formula is C17H14F3NO2S. The van der Waals surface area contributed by atoms with Gasteiger partial charge in [-0.05, 0) is 42.3 Å². The van der Waals surface area contributed by atoms with Crippen LogP contribution in [-0.4, -0.2) is 23.9 Å². The van der Waals surface area contributed by atoms with Gasteiger partial charge in [-0.25, -0.2) is 0 Å². The summed E-state index contributed by atoms with van der Waals surface area (Å²) in [4.78, 5) is 13.4. The first kappa shape index (κ1) is 16.7. The Bertz CT molecular complexity index is 706. The molecule has 0 fully saturated rings. The predicted molar refractivity (Wildman–Crippen MR) is 86.4 cm³/mol. The van der Waals surface area contributed by atoms with Crippen LogP contribution in [0.2, 0.25) is 0 Å². The number of ether oxygens (including phenoxy) is 1. The quantitative estimate of drug-likeness (QED) is 0.891. The lowest BCUT2D eigenvalue weighted by Crippen LogP contribution is -2.24. The van der Waals surface area contributed by atoms with E-state index in [1.807, 2.05) is 24.3 Å². The standard InChI is InChI=1S/C17H14F3NO2S/c18-17(19,20)10-23-13-7-5-12(6-8-13)21-16(22)15-9-11-3-1-2-4-14(11)24-15/h1-8,15H,9-10H2,(H,21,22). The summed E-state index contributed by atoms with van der Waals surface area (Å²) in [5.41, 5.74) is 1.68. The van der Waals surface area contributed by atoms with Crippen molar-refractivity contribution in [3.63, 3.8) is 0 Å². The lowest BCUT2D eigenvalue weighted by Gasteiger charge is -2.12. The molecule has 1 unspecified atom stereocenters. The number of alkyl halides is 3. The van der Waals surface area contributed by atoms with Crippen LogP contribution in [0.4, 0.5) is 18.9 Å². The van der Waals surface area contributed by atoms with Crippen LogP contribution < -0.4 is 10.1 Å². The molecule has 1 heterocycles. The Morgan fingerprint density at radius 2 is 1.88 bits per heavy atom. The molecule has 1 aliphatic heterocycles. The van der Waals surface area contributed by atoms with E-state index in [9.17, 15) is 18.0 Å². The molecule has 2 aromatic carbocycles. The van der Waals surface area contributed by atoms with Crippen LogP contribution in [0, 0.1) is 0 Å². The van der Waals surface area contributed by atoms with Crippen molar-refractivity contribution >= 4 is 23.4 Å². The van der Waals surface area contributed by atoms with Crippen LogP contribution in [0.3, 0.4) is 0 Å². The summed E-state index contributed by atoms with van der Waals surface area (Å²) < 4.78 is 40.9. The SMILES string of the molecule is O=C(Nc1ccc(OCC(F)(F)F)cc1)C1Cc2ccccc2S1. The molecule has 1 aliphatic rings. The van der Waals surface area contributed by atoms with Crippen LogP contribution in [0.5, 0.6) is 5.75 Å². The first-order valence-electron chi connectivity index (χ1n) is 7.26. The third kappa shape index (κ3) is 4.23. The topological polar surface area (TPSA) is 38.3 Å². The van der Waals surface area contributed by atoms with Gasteiger partial charge in [0.05, 0.1) is 5.25 Å². The highest BCUT2D eigenvalue weighted by Gasteiger charge is 2.29. The fourth-order valence-electron chi connectivity index (χ4n) is 2.35. The second-order valence-corrected chi connectivity index (χ2v) is 6.58. The number of carbonyl (C=O) groups excluding carboxylic acids is 1. The van der Waals surface area contributed by atoms with Crippen molar-refractivity contribution in [3.8, 4) is 5.75 Å². The summed E-state index contributed by atoms with van der Waals surface area (Å²) in [5.74, 6) is -0.0202. The van der Waals surface area contributed by atoms with E-state index in [0.29, 0.717) is 12.1 Å². The second-order valence-electron chi connectivity index (χ2n) is 5.34. The number of fused-ring (bicyclic) bond motifs is 1. The number of thioether (sulfide) groups is 1. The number of halogens is 3. The molecule has 1 atom stereocenters. The van der Waals surface area contributed by atoms with E-state index >= 15 is 0 Å².